The number of benzene rings is 8. The molecule has 1 atom stereocenters. The fourth-order valence-corrected chi connectivity index (χ4v) is 14.6. The highest BCUT2D eigenvalue weighted by molar-refractivity contribution is 7.86. The maximum atomic E-state index is 16.5. The van der Waals surface area contributed by atoms with E-state index in [0.29, 0.717) is 72.4 Å². The van der Waals surface area contributed by atoms with E-state index in [1.165, 1.54) is 0 Å². The molecule has 0 radical (unpaired) electrons. The summed E-state index contributed by atoms with van der Waals surface area (Å²) in [4.78, 5) is 15.3. The summed E-state index contributed by atoms with van der Waals surface area (Å²) in [5.74, 6) is 3.35. The molecule has 2 aromatic heterocycles. The van der Waals surface area contributed by atoms with Crippen molar-refractivity contribution in [2.75, 3.05) is 28.4 Å². The van der Waals surface area contributed by atoms with Crippen LogP contribution in [0.2, 0.25) is 0 Å². The minimum atomic E-state index is -3.77. The van der Waals surface area contributed by atoms with E-state index in [1.807, 2.05) is 199 Å². The zero-order valence-corrected chi connectivity index (χ0v) is 38.9. The first-order chi connectivity index (χ1) is 32.8. The van der Waals surface area contributed by atoms with Crippen molar-refractivity contribution in [1.82, 2.24) is 19.5 Å². The average Bonchev–Trinajstić information content (AvgIpc) is 3.73. The molecular formula is C55H44N4O6P2. The third kappa shape index (κ3) is 7.45. The van der Waals surface area contributed by atoms with Gasteiger partial charge in [0.05, 0.1) is 55.4 Å². The largest absolute Gasteiger partial charge is 0.497 e. The fraction of sp³-hybridized carbons (Fsp3) is 0.0727. The van der Waals surface area contributed by atoms with Gasteiger partial charge in [-0.3, -0.25) is 4.57 Å². The van der Waals surface area contributed by atoms with Gasteiger partial charge in [0.2, 0.25) is 5.95 Å². The molecule has 67 heavy (non-hydrogen) atoms. The molecule has 0 aliphatic rings. The first-order valence-electron chi connectivity index (χ1n) is 21.5. The maximum Gasteiger partial charge on any atom is 0.238 e. The molecule has 1 unspecified atom stereocenters. The second kappa shape index (κ2) is 17.9. The smallest absolute Gasteiger partial charge is 0.238 e. The second-order valence-corrected chi connectivity index (χ2v) is 21.1. The Kier molecular flexibility index (Phi) is 11.5. The van der Waals surface area contributed by atoms with Crippen LogP contribution in [0.1, 0.15) is 0 Å². The van der Waals surface area contributed by atoms with Gasteiger partial charge >= 0.3 is 0 Å². The van der Waals surface area contributed by atoms with E-state index in [0.717, 1.165) is 32.9 Å². The first kappa shape index (κ1) is 43.1. The van der Waals surface area contributed by atoms with Gasteiger partial charge in [-0.25, -0.2) is 4.98 Å². The van der Waals surface area contributed by atoms with Gasteiger partial charge in [0.15, 0.2) is 25.9 Å². The lowest BCUT2D eigenvalue weighted by atomic mass is 10.1. The summed E-state index contributed by atoms with van der Waals surface area (Å²) in [6.45, 7) is 0. The second-order valence-electron chi connectivity index (χ2n) is 15.7. The number of nitrogens with zero attached hydrogens (tertiary/aromatic N) is 4. The van der Waals surface area contributed by atoms with Crippen LogP contribution in [-0.4, -0.2) is 48.0 Å². The van der Waals surface area contributed by atoms with Crippen molar-refractivity contribution in [3.05, 3.63) is 194 Å². The van der Waals surface area contributed by atoms with E-state index in [2.05, 4.69) is 0 Å². The van der Waals surface area contributed by atoms with Crippen LogP contribution < -0.4 is 50.8 Å². The van der Waals surface area contributed by atoms with Crippen LogP contribution in [-0.2, 0) is 9.13 Å². The predicted molar refractivity (Wildman–Crippen MR) is 270 cm³/mol. The monoisotopic (exact) mass is 918 g/mol. The van der Waals surface area contributed by atoms with E-state index >= 15 is 9.13 Å². The van der Waals surface area contributed by atoms with Gasteiger partial charge < -0.3 is 28.1 Å². The molecule has 10 rings (SSSR count). The van der Waals surface area contributed by atoms with E-state index in [1.54, 1.807) is 28.4 Å². The topological polar surface area (TPSA) is 115 Å². The Morgan fingerprint density at radius 2 is 0.806 bits per heavy atom. The Balaban J connectivity index is 1.32. The number of hydrogen-bond donors (Lipinski definition) is 0. The van der Waals surface area contributed by atoms with Gasteiger partial charge in [-0.05, 0) is 84.9 Å². The van der Waals surface area contributed by atoms with Gasteiger partial charge in [-0.2, -0.15) is 9.97 Å². The quantitative estimate of drug-likeness (QED) is 0.104. The summed E-state index contributed by atoms with van der Waals surface area (Å²) in [5, 5.41) is 4.65. The summed E-state index contributed by atoms with van der Waals surface area (Å²) in [5.41, 5.74) is 3.08. The van der Waals surface area contributed by atoms with E-state index in [4.69, 9.17) is 33.9 Å². The lowest BCUT2D eigenvalue weighted by Crippen LogP contribution is -2.27. The van der Waals surface area contributed by atoms with Crippen LogP contribution in [0, 0.1) is 0 Å². The molecule has 10 nitrogen and oxygen atoms in total. The van der Waals surface area contributed by atoms with E-state index in [9.17, 15) is 0 Å². The zero-order chi connectivity index (χ0) is 46.1. The Morgan fingerprint density at radius 1 is 0.388 bits per heavy atom. The van der Waals surface area contributed by atoms with Crippen molar-refractivity contribution in [2.24, 2.45) is 0 Å². The average molecular weight is 919 g/mol. The van der Waals surface area contributed by atoms with Crippen molar-refractivity contribution in [3.8, 4) is 51.7 Å². The molecule has 0 bridgehead atoms. The van der Waals surface area contributed by atoms with Crippen LogP contribution in [0.4, 0.5) is 0 Å². The maximum absolute atomic E-state index is 16.5. The highest BCUT2D eigenvalue weighted by Crippen LogP contribution is 2.50. The molecule has 8 aromatic carbocycles. The van der Waals surface area contributed by atoms with E-state index < -0.39 is 14.3 Å². The van der Waals surface area contributed by atoms with Crippen LogP contribution in [0.25, 0.3) is 50.5 Å². The minimum Gasteiger partial charge on any atom is -0.497 e. The van der Waals surface area contributed by atoms with Crippen molar-refractivity contribution in [3.63, 3.8) is 0 Å². The molecule has 0 spiro atoms. The lowest BCUT2D eigenvalue weighted by molar-refractivity contribution is 0.415. The molecule has 2 heterocycles. The Morgan fingerprint density at radius 3 is 1.27 bits per heavy atom. The number of ether oxygens (including phenoxy) is 4. The molecule has 0 amide bonds. The summed E-state index contributed by atoms with van der Waals surface area (Å²) in [7, 11) is -1.16. The predicted octanol–water partition coefficient (Wildman–Crippen LogP) is 9.62. The molecule has 0 N–H and O–H groups in total. The van der Waals surface area contributed by atoms with E-state index in [-0.39, 0.29) is 0 Å². The van der Waals surface area contributed by atoms with Crippen LogP contribution in [0.5, 0.6) is 23.0 Å². The SMILES string of the molecule is COc1cccc(P(=O)(c2ccc3c(c2)c2cc(P(=O)(c4ccccc4OC)c4ccccc4OC)ccc2n3-c2nc(-c3ccccc3)nc(-c3ccccc3)n2)c2ccccc2OC)c1. The highest BCUT2D eigenvalue weighted by atomic mass is 31.2. The minimum absolute atomic E-state index is 0.367. The van der Waals surface area contributed by atoms with Crippen molar-refractivity contribution in [1.29, 1.82) is 0 Å². The van der Waals surface area contributed by atoms with Crippen LogP contribution >= 0.6 is 14.3 Å². The molecule has 0 fully saturated rings. The molecule has 0 saturated heterocycles. The van der Waals surface area contributed by atoms with Gasteiger partial charge in [0.1, 0.15) is 23.0 Å². The summed E-state index contributed by atoms with van der Waals surface area (Å²) < 4.78 is 58.3. The molecule has 0 saturated carbocycles. The number of rotatable bonds is 13. The van der Waals surface area contributed by atoms with Gasteiger partial charge in [-0.15, -0.1) is 0 Å². The highest BCUT2D eigenvalue weighted by Gasteiger charge is 2.37. The Labute approximate surface area is 388 Å². The Hall–Kier alpha value is -7.77. The number of fused-ring (bicyclic) bond motifs is 3. The third-order valence-corrected chi connectivity index (χ3v) is 18.2. The van der Waals surface area contributed by atoms with Crippen molar-refractivity contribution >= 4 is 67.9 Å². The number of para-hydroxylation sites is 3. The van der Waals surface area contributed by atoms with Crippen molar-refractivity contribution < 1.29 is 28.1 Å². The molecule has 12 heteroatoms. The molecule has 0 aliphatic carbocycles. The summed E-state index contributed by atoms with van der Waals surface area (Å²) >= 11 is 0. The standard InChI is InChI=1S/C55H44N4O6P2/c1-62-39-22-17-23-40(34-39)66(60,50-27-14-11-24-47(50)63-2)41-30-32-45-43(35-41)44-36-42(67(61,51-28-15-12-25-48(51)64-3)52-29-16-13-26-49(52)65-4)31-33-46(44)59(45)55-57-53(37-18-7-5-8-19-37)56-54(58-55)38-20-9-6-10-21-38/h5-36H,1-4H3. The van der Waals surface area contributed by atoms with Crippen LogP contribution in [0.15, 0.2) is 194 Å². The first-order valence-corrected chi connectivity index (χ1v) is 24.9. The summed E-state index contributed by atoms with van der Waals surface area (Å²) in [6.07, 6.45) is 0. The molecule has 0 aliphatic heterocycles. The molecule has 330 valence electrons. The lowest BCUT2D eigenvalue weighted by Gasteiger charge is -2.24. The number of methoxy groups -OCH3 is 4. The zero-order valence-electron chi connectivity index (χ0n) is 37.1. The number of aromatic nitrogens is 4. The van der Waals surface area contributed by atoms with Gasteiger partial charge in [0.25, 0.3) is 0 Å². The van der Waals surface area contributed by atoms with Gasteiger partial charge in [-0.1, -0.05) is 109 Å². The summed E-state index contributed by atoms with van der Waals surface area (Å²) in [6, 6.07) is 60.8. The van der Waals surface area contributed by atoms with Gasteiger partial charge in [0, 0.05) is 37.8 Å². The molecular weight excluding hydrogens is 875 g/mol. The third-order valence-electron chi connectivity index (χ3n) is 12.0. The molecule has 10 aromatic rings. The van der Waals surface area contributed by atoms with Crippen LogP contribution in [0.3, 0.4) is 0 Å². The fourth-order valence-electron chi connectivity index (χ4n) is 8.82. The normalized spacial score (nSPS) is 12.4. The Bertz CT molecular complexity index is 3450. The number of hydrogen-bond acceptors (Lipinski definition) is 9. The van der Waals surface area contributed by atoms with Crippen molar-refractivity contribution in [2.45, 2.75) is 0 Å².